The Balaban J connectivity index is 2.52. The van der Waals surface area contributed by atoms with Gasteiger partial charge in [0.2, 0.25) is 5.91 Å². The van der Waals surface area contributed by atoms with Crippen molar-refractivity contribution in [3.05, 3.63) is 48.1 Å². The third-order valence-corrected chi connectivity index (χ3v) is 3.01. The molecule has 1 atom stereocenters. The number of benzene rings is 1. The van der Waals surface area contributed by atoms with Gasteiger partial charge in [-0.25, -0.2) is 4.79 Å². The molecule has 0 aliphatic carbocycles. The maximum atomic E-state index is 11.9. The van der Waals surface area contributed by atoms with Crippen molar-refractivity contribution in [2.24, 2.45) is 0 Å². The molecular weight excluding hydrogens is 292 g/mol. The molecule has 0 saturated heterocycles. The molecule has 0 radical (unpaired) electrons. The van der Waals surface area contributed by atoms with E-state index in [1.165, 1.54) is 7.11 Å². The molecule has 1 amide bonds. The Bertz CT molecular complexity index is 513. The molecule has 22 heavy (non-hydrogen) atoms. The van der Waals surface area contributed by atoms with E-state index in [1.54, 1.807) is 0 Å². The van der Waals surface area contributed by atoms with Gasteiger partial charge in [0.25, 0.3) is 6.08 Å². The SMILES string of the molecule is COC(=O)[C@H](Cc1ccccc1)NC(=O)CCCC=C(F)F. The predicted molar refractivity (Wildman–Crippen MR) is 78.2 cm³/mol. The van der Waals surface area contributed by atoms with Crippen LogP contribution in [0.4, 0.5) is 8.78 Å². The molecule has 0 fully saturated rings. The highest BCUT2D eigenvalue weighted by Crippen LogP contribution is 2.07. The monoisotopic (exact) mass is 311 g/mol. The topological polar surface area (TPSA) is 55.4 Å². The van der Waals surface area contributed by atoms with Gasteiger partial charge in [-0.05, 0) is 24.5 Å². The second-order valence-electron chi connectivity index (χ2n) is 4.72. The van der Waals surface area contributed by atoms with E-state index in [2.05, 4.69) is 10.1 Å². The molecule has 0 aromatic heterocycles. The highest BCUT2D eigenvalue weighted by atomic mass is 19.3. The summed E-state index contributed by atoms with van der Waals surface area (Å²) in [7, 11) is 1.25. The summed E-state index contributed by atoms with van der Waals surface area (Å²) >= 11 is 0. The maximum Gasteiger partial charge on any atom is 0.328 e. The zero-order chi connectivity index (χ0) is 16.4. The minimum Gasteiger partial charge on any atom is -0.467 e. The number of rotatable bonds is 8. The number of methoxy groups -OCH3 is 1. The molecule has 0 spiro atoms. The van der Waals surface area contributed by atoms with Gasteiger partial charge in [-0.15, -0.1) is 0 Å². The lowest BCUT2D eigenvalue weighted by atomic mass is 10.1. The summed E-state index contributed by atoms with van der Waals surface area (Å²) in [6.07, 6.45) is -0.170. The van der Waals surface area contributed by atoms with E-state index < -0.39 is 18.1 Å². The first kappa shape index (κ1) is 17.8. The molecular formula is C16H19F2NO3. The first-order chi connectivity index (χ1) is 10.5. The van der Waals surface area contributed by atoms with E-state index >= 15 is 0 Å². The third kappa shape index (κ3) is 6.97. The van der Waals surface area contributed by atoms with Crippen molar-refractivity contribution in [2.75, 3.05) is 7.11 Å². The summed E-state index contributed by atoms with van der Waals surface area (Å²) in [5, 5.41) is 2.58. The van der Waals surface area contributed by atoms with E-state index in [1.807, 2.05) is 30.3 Å². The summed E-state index contributed by atoms with van der Waals surface area (Å²) in [6.45, 7) is 0. The Labute approximate surface area is 128 Å². The van der Waals surface area contributed by atoms with Crippen molar-refractivity contribution in [2.45, 2.75) is 31.7 Å². The van der Waals surface area contributed by atoms with E-state index in [0.717, 1.165) is 11.6 Å². The van der Waals surface area contributed by atoms with Gasteiger partial charge in [-0.1, -0.05) is 30.3 Å². The number of unbranched alkanes of at least 4 members (excludes halogenated alkanes) is 1. The van der Waals surface area contributed by atoms with Crippen LogP contribution >= 0.6 is 0 Å². The van der Waals surface area contributed by atoms with E-state index in [9.17, 15) is 18.4 Å². The number of hydrogen-bond acceptors (Lipinski definition) is 3. The molecule has 0 saturated carbocycles. The standard InChI is InChI=1S/C16H19F2NO3/c1-22-16(21)13(11-12-7-3-2-4-8-12)19-15(20)10-6-5-9-14(17)18/h2-4,7-9,13H,5-6,10-11H2,1H3,(H,19,20)/t13-/m0/s1. The first-order valence-electron chi connectivity index (χ1n) is 6.95. The molecule has 0 bridgehead atoms. The van der Waals surface area contributed by atoms with Crippen LogP contribution in [-0.2, 0) is 20.7 Å². The molecule has 1 rings (SSSR count). The summed E-state index contributed by atoms with van der Waals surface area (Å²) in [4.78, 5) is 23.5. The number of carbonyl (C=O) groups excluding carboxylic acids is 2. The second kappa shape index (κ2) is 9.65. The quantitative estimate of drug-likeness (QED) is 0.593. The van der Waals surface area contributed by atoms with Gasteiger partial charge < -0.3 is 10.1 Å². The number of halogens is 2. The minimum absolute atomic E-state index is 0.0755. The first-order valence-corrected chi connectivity index (χ1v) is 6.95. The van der Waals surface area contributed by atoms with Crippen LogP contribution in [0, 0.1) is 0 Å². The summed E-state index contributed by atoms with van der Waals surface area (Å²) in [6, 6.07) is 8.43. The molecule has 0 aliphatic heterocycles. The van der Waals surface area contributed by atoms with Crippen LogP contribution in [0.3, 0.4) is 0 Å². The highest BCUT2D eigenvalue weighted by molar-refractivity contribution is 5.84. The average molecular weight is 311 g/mol. The van der Waals surface area contributed by atoms with Gasteiger partial charge >= 0.3 is 5.97 Å². The van der Waals surface area contributed by atoms with Gasteiger partial charge in [0, 0.05) is 12.8 Å². The van der Waals surface area contributed by atoms with E-state index in [0.29, 0.717) is 12.8 Å². The van der Waals surface area contributed by atoms with Crippen molar-refractivity contribution in [1.82, 2.24) is 5.32 Å². The molecule has 4 nitrogen and oxygen atoms in total. The zero-order valence-corrected chi connectivity index (χ0v) is 12.4. The number of hydrogen-bond donors (Lipinski definition) is 1. The van der Waals surface area contributed by atoms with Crippen LogP contribution in [0.1, 0.15) is 24.8 Å². The largest absolute Gasteiger partial charge is 0.467 e. The van der Waals surface area contributed by atoms with Crippen LogP contribution in [0.5, 0.6) is 0 Å². The number of ether oxygens (including phenoxy) is 1. The Morgan fingerprint density at radius 1 is 1.27 bits per heavy atom. The van der Waals surface area contributed by atoms with Crippen LogP contribution in [0.15, 0.2) is 42.5 Å². The van der Waals surface area contributed by atoms with Crippen LogP contribution < -0.4 is 5.32 Å². The number of nitrogens with one attached hydrogen (secondary N) is 1. The summed E-state index contributed by atoms with van der Waals surface area (Å²) < 4.78 is 28.4. The predicted octanol–water partition coefficient (Wildman–Crippen LogP) is 2.84. The number of carbonyl (C=O) groups is 2. The van der Waals surface area contributed by atoms with Gasteiger partial charge in [0.15, 0.2) is 0 Å². The number of allylic oxidation sites excluding steroid dienone is 1. The highest BCUT2D eigenvalue weighted by Gasteiger charge is 2.21. The fourth-order valence-electron chi connectivity index (χ4n) is 1.93. The van der Waals surface area contributed by atoms with Gasteiger partial charge in [0.05, 0.1) is 7.11 Å². The third-order valence-electron chi connectivity index (χ3n) is 3.01. The van der Waals surface area contributed by atoms with Crippen LogP contribution in [0.25, 0.3) is 0 Å². The van der Waals surface area contributed by atoms with Crippen molar-refractivity contribution < 1.29 is 23.1 Å². The molecule has 6 heteroatoms. The Hall–Kier alpha value is -2.24. The zero-order valence-electron chi connectivity index (χ0n) is 12.4. The minimum atomic E-state index is -1.75. The molecule has 1 N–H and O–H groups in total. The van der Waals surface area contributed by atoms with Crippen molar-refractivity contribution in [3.63, 3.8) is 0 Å². The molecule has 1 aromatic carbocycles. The molecule has 120 valence electrons. The normalized spacial score (nSPS) is 11.4. The van der Waals surface area contributed by atoms with Crippen LogP contribution in [-0.4, -0.2) is 25.0 Å². The molecule has 0 heterocycles. The Morgan fingerprint density at radius 3 is 2.55 bits per heavy atom. The fourth-order valence-corrected chi connectivity index (χ4v) is 1.93. The molecule has 0 unspecified atom stereocenters. The lowest BCUT2D eigenvalue weighted by molar-refractivity contribution is -0.145. The average Bonchev–Trinajstić information content (AvgIpc) is 2.51. The summed E-state index contributed by atoms with van der Waals surface area (Å²) in [5.74, 6) is -0.897. The van der Waals surface area contributed by atoms with Crippen molar-refractivity contribution in [3.8, 4) is 0 Å². The van der Waals surface area contributed by atoms with Crippen LogP contribution in [0.2, 0.25) is 0 Å². The smallest absolute Gasteiger partial charge is 0.328 e. The van der Waals surface area contributed by atoms with E-state index in [-0.39, 0.29) is 18.7 Å². The lowest BCUT2D eigenvalue weighted by Gasteiger charge is -2.16. The van der Waals surface area contributed by atoms with Gasteiger partial charge in [0.1, 0.15) is 6.04 Å². The van der Waals surface area contributed by atoms with Gasteiger partial charge in [-0.2, -0.15) is 8.78 Å². The molecule has 1 aromatic rings. The fraction of sp³-hybridized carbons (Fsp3) is 0.375. The van der Waals surface area contributed by atoms with Crippen molar-refractivity contribution >= 4 is 11.9 Å². The number of esters is 1. The Morgan fingerprint density at radius 2 is 1.95 bits per heavy atom. The van der Waals surface area contributed by atoms with Crippen molar-refractivity contribution in [1.29, 1.82) is 0 Å². The second-order valence-corrected chi connectivity index (χ2v) is 4.72. The van der Waals surface area contributed by atoms with E-state index in [4.69, 9.17) is 0 Å². The molecule has 0 aliphatic rings. The lowest BCUT2D eigenvalue weighted by Crippen LogP contribution is -2.43. The number of amides is 1. The Kier molecular flexibility index (Phi) is 7.81. The summed E-state index contributed by atoms with van der Waals surface area (Å²) in [5.41, 5.74) is 0.889. The maximum absolute atomic E-state index is 11.9. The van der Waals surface area contributed by atoms with Gasteiger partial charge in [-0.3, -0.25) is 4.79 Å².